The number of rotatable bonds is 6. The van der Waals surface area contributed by atoms with Crippen molar-refractivity contribution in [3.63, 3.8) is 0 Å². The van der Waals surface area contributed by atoms with Gasteiger partial charge in [-0.1, -0.05) is 22.9 Å². The van der Waals surface area contributed by atoms with E-state index in [4.69, 9.17) is 4.74 Å². The summed E-state index contributed by atoms with van der Waals surface area (Å²) in [6.45, 7) is 3.13. The molecule has 0 bridgehead atoms. The zero-order valence-electron chi connectivity index (χ0n) is 11.3. The Morgan fingerprint density at radius 3 is 2.60 bits per heavy atom. The minimum atomic E-state index is -5.17. The van der Waals surface area contributed by atoms with Gasteiger partial charge in [0.15, 0.2) is 0 Å². The van der Waals surface area contributed by atoms with Crippen LogP contribution in [0.5, 0.6) is 5.75 Å². The summed E-state index contributed by atoms with van der Waals surface area (Å²) in [6.07, 6.45) is -0.402. The standard InChI is InChI=1S/C12H16BrF2O4P/c1-4-8(2)19-20(16,17)12(14,15)10-7-9(18-3)5-6-11(10)13/h5-8H,4H2,1-3H3,(H,16,17). The van der Waals surface area contributed by atoms with Crippen molar-refractivity contribution in [1.82, 2.24) is 0 Å². The van der Waals surface area contributed by atoms with Gasteiger partial charge in [0.25, 0.3) is 0 Å². The SMILES string of the molecule is CCC(C)OP(=O)(O)C(F)(F)c1cc(OC)ccc1Br. The van der Waals surface area contributed by atoms with E-state index in [0.717, 1.165) is 6.07 Å². The molecule has 0 amide bonds. The molecule has 1 rings (SSSR count). The summed E-state index contributed by atoms with van der Waals surface area (Å²) >= 11 is 2.95. The summed E-state index contributed by atoms with van der Waals surface area (Å²) in [4.78, 5) is 9.61. The molecule has 0 aliphatic carbocycles. The Morgan fingerprint density at radius 1 is 1.50 bits per heavy atom. The number of methoxy groups -OCH3 is 1. The molecule has 0 saturated heterocycles. The molecule has 8 heteroatoms. The van der Waals surface area contributed by atoms with E-state index < -0.39 is 24.9 Å². The molecule has 0 saturated carbocycles. The highest BCUT2D eigenvalue weighted by atomic mass is 79.9. The van der Waals surface area contributed by atoms with Crippen molar-refractivity contribution in [2.75, 3.05) is 7.11 Å². The maximum atomic E-state index is 14.3. The van der Waals surface area contributed by atoms with E-state index in [1.54, 1.807) is 6.92 Å². The van der Waals surface area contributed by atoms with Gasteiger partial charge in [-0.2, -0.15) is 8.78 Å². The fourth-order valence-electron chi connectivity index (χ4n) is 1.40. The number of hydrogen-bond donors (Lipinski definition) is 1. The molecule has 0 aliphatic rings. The van der Waals surface area contributed by atoms with E-state index in [1.165, 1.54) is 26.2 Å². The van der Waals surface area contributed by atoms with Gasteiger partial charge in [0.2, 0.25) is 0 Å². The number of halogens is 3. The fraction of sp³-hybridized carbons (Fsp3) is 0.500. The van der Waals surface area contributed by atoms with E-state index in [1.807, 2.05) is 0 Å². The molecule has 1 aromatic carbocycles. The zero-order chi connectivity index (χ0) is 15.6. The van der Waals surface area contributed by atoms with Gasteiger partial charge in [0.05, 0.1) is 18.8 Å². The lowest BCUT2D eigenvalue weighted by Crippen LogP contribution is -2.19. The summed E-state index contributed by atoms with van der Waals surface area (Å²) in [7, 11) is -3.85. The highest BCUT2D eigenvalue weighted by Gasteiger charge is 2.54. The molecule has 2 atom stereocenters. The Labute approximate surface area is 124 Å². The highest BCUT2D eigenvalue weighted by molar-refractivity contribution is 9.10. The number of alkyl halides is 2. The average molecular weight is 373 g/mol. The van der Waals surface area contributed by atoms with Crippen molar-refractivity contribution in [2.45, 2.75) is 32.0 Å². The van der Waals surface area contributed by atoms with Gasteiger partial charge in [-0.25, -0.2) is 0 Å². The van der Waals surface area contributed by atoms with E-state index in [9.17, 15) is 18.2 Å². The summed E-state index contributed by atoms with van der Waals surface area (Å²) in [6, 6.07) is 3.79. The molecule has 20 heavy (non-hydrogen) atoms. The monoisotopic (exact) mass is 372 g/mol. The van der Waals surface area contributed by atoms with Crippen molar-refractivity contribution < 1.29 is 27.5 Å². The van der Waals surface area contributed by atoms with Crippen LogP contribution in [0.25, 0.3) is 0 Å². The molecule has 1 aromatic rings. The zero-order valence-corrected chi connectivity index (χ0v) is 13.7. The van der Waals surface area contributed by atoms with Gasteiger partial charge in [0, 0.05) is 4.47 Å². The smallest absolute Gasteiger partial charge is 0.402 e. The van der Waals surface area contributed by atoms with Crippen LogP contribution >= 0.6 is 23.5 Å². The average Bonchev–Trinajstić information content (AvgIpc) is 2.38. The van der Waals surface area contributed by atoms with Crippen LogP contribution in [0.3, 0.4) is 0 Å². The van der Waals surface area contributed by atoms with Crippen LogP contribution in [0.1, 0.15) is 25.8 Å². The van der Waals surface area contributed by atoms with Gasteiger partial charge in [-0.15, -0.1) is 0 Å². The molecule has 1 N–H and O–H groups in total. The lowest BCUT2D eigenvalue weighted by atomic mass is 10.2. The topological polar surface area (TPSA) is 55.8 Å². The first-order chi connectivity index (χ1) is 9.15. The third-order valence-corrected chi connectivity index (χ3v) is 5.04. The lowest BCUT2D eigenvalue weighted by Gasteiger charge is -2.25. The van der Waals surface area contributed by atoms with Crippen molar-refractivity contribution in [3.8, 4) is 5.75 Å². The first-order valence-electron chi connectivity index (χ1n) is 5.88. The maximum Gasteiger partial charge on any atom is 0.402 e. The number of hydrogen-bond acceptors (Lipinski definition) is 3. The molecular weight excluding hydrogens is 357 g/mol. The lowest BCUT2D eigenvalue weighted by molar-refractivity contribution is 0.0339. The highest BCUT2D eigenvalue weighted by Crippen LogP contribution is 2.65. The number of benzene rings is 1. The largest absolute Gasteiger partial charge is 0.497 e. The van der Waals surface area contributed by atoms with Gasteiger partial charge in [-0.3, -0.25) is 4.57 Å². The van der Waals surface area contributed by atoms with Gasteiger partial charge >= 0.3 is 13.3 Å². The Bertz CT molecular complexity index is 524. The summed E-state index contributed by atoms with van der Waals surface area (Å²) in [5, 5.41) is 0. The molecular formula is C12H16BrF2O4P. The predicted molar refractivity (Wildman–Crippen MR) is 75.3 cm³/mol. The van der Waals surface area contributed by atoms with Gasteiger partial charge in [-0.05, 0) is 31.5 Å². The van der Waals surface area contributed by atoms with Crippen molar-refractivity contribution in [1.29, 1.82) is 0 Å². The van der Waals surface area contributed by atoms with Crippen molar-refractivity contribution >= 4 is 23.5 Å². The fourth-order valence-corrected chi connectivity index (χ4v) is 3.31. The van der Waals surface area contributed by atoms with Crippen LogP contribution in [0.4, 0.5) is 8.78 Å². The van der Waals surface area contributed by atoms with Crippen LogP contribution < -0.4 is 4.74 Å². The van der Waals surface area contributed by atoms with Crippen molar-refractivity contribution in [3.05, 3.63) is 28.2 Å². The van der Waals surface area contributed by atoms with Crippen LogP contribution in [-0.2, 0) is 14.8 Å². The normalized spacial score (nSPS) is 16.6. The molecule has 0 radical (unpaired) electrons. The van der Waals surface area contributed by atoms with Crippen molar-refractivity contribution in [2.24, 2.45) is 0 Å². The van der Waals surface area contributed by atoms with E-state index in [2.05, 4.69) is 20.5 Å². The first kappa shape index (κ1) is 17.6. The second kappa shape index (κ2) is 6.52. The van der Waals surface area contributed by atoms with E-state index in [0.29, 0.717) is 6.42 Å². The van der Waals surface area contributed by atoms with Gasteiger partial charge in [0.1, 0.15) is 5.75 Å². The van der Waals surface area contributed by atoms with Crippen LogP contribution in [0.2, 0.25) is 0 Å². The van der Waals surface area contributed by atoms with Crippen LogP contribution in [0.15, 0.2) is 22.7 Å². The summed E-state index contributed by atoms with van der Waals surface area (Å²) < 4.78 is 49.9. The maximum absolute atomic E-state index is 14.3. The van der Waals surface area contributed by atoms with Crippen LogP contribution in [-0.4, -0.2) is 18.1 Å². The number of ether oxygens (including phenoxy) is 1. The molecule has 4 nitrogen and oxygen atoms in total. The first-order valence-corrected chi connectivity index (χ1v) is 8.26. The van der Waals surface area contributed by atoms with Crippen LogP contribution in [0, 0.1) is 0 Å². The predicted octanol–water partition coefficient (Wildman–Crippen LogP) is 4.51. The molecule has 0 spiro atoms. The minimum Gasteiger partial charge on any atom is -0.497 e. The second-order valence-electron chi connectivity index (χ2n) is 4.23. The third-order valence-electron chi connectivity index (χ3n) is 2.75. The van der Waals surface area contributed by atoms with E-state index in [-0.39, 0.29) is 10.2 Å². The Morgan fingerprint density at radius 2 is 2.10 bits per heavy atom. The molecule has 0 heterocycles. The Kier molecular flexibility index (Phi) is 5.72. The second-order valence-corrected chi connectivity index (χ2v) is 6.90. The summed E-state index contributed by atoms with van der Waals surface area (Å²) in [5.74, 6) is 0.159. The Hall–Kier alpha value is -0.490. The quantitative estimate of drug-likeness (QED) is 0.746. The molecule has 2 unspecified atom stereocenters. The third kappa shape index (κ3) is 3.58. The Balaban J connectivity index is 3.24. The molecule has 0 fully saturated rings. The molecule has 0 aromatic heterocycles. The van der Waals surface area contributed by atoms with Gasteiger partial charge < -0.3 is 14.2 Å². The minimum absolute atomic E-state index is 0.00493. The van der Waals surface area contributed by atoms with E-state index >= 15 is 0 Å². The molecule has 0 aliphatic heterocycles. The molecule has 114 valence electrons. The summed E-state index contributed by atoms with van der Waals surface area (Å²) in [5.41, 5.74) is -4.69.